The molecule has 1 heterocycles. The Hall–Kier alpha value is -2.55. The van der Waals surface area contributed by atoms with Crippen molar-refractivity contribution in [2.24, 2.45) is 0 Å². The number of nitrogens with one attached hydrogen (secondary N) is 1. The van der Waals surface area contributed by atoms with E-state index in [1.807, 2.05) is 60.7 Å². The third-order valence-corrected chi connectivity index (χ3v) is 2.94. The molecule has 1 fully saturated rings. The standard InChI is InChI=1S/C16H13NO2/c18-16-14(11-12-7-3-1-4-8-12)17-15(19-16)13-9-5-2-6-10-13/h1-11,15,17H/b14-11+. The van der Waals surface area contributed by atoms with E-state index in [2.05, 4.69) is 5.32 Å². The maximum Gasteiger partial charge on any atom is 0.356 e. The molecule has 1 unspecified atom stereocenters. The van der Waals surface area contributed by atoms with E-state index in [4.69, 9.17) is 4.74 Å². The third kappa shape index (κ3) is 2.50. The molecule has 1 N–H and O–H groups in total. The first-order chi connectivity index (χ1) is 9.33. The average Bonchev–Trinajstić information content (AvgIpc) is 2.82. The van der Waals surface area contributed by atoms with Gasteiger partial charge in [0.25, 0.3) is 0 Å². The molecule has 2 aromatic carbocycles. The molecule has 2 aromatic rings. The molecular formula is C16H13NO2. The monoisotopic (exact) mass is 251 g/mol. The fourth-order valence-electron chi connectivity index (χ4n) is 2.00. The minimum atomic E-state index is -0.399. The molecule has 94 valence electrons. The lowest BCUT2D eigenvalue weighted by Crippen LogP contribution is -2.12. The number of carbonyl (C=O) groups excluding carboxylic acids is 1. The van der Waals surface area contributed by atoms with E-state index in [1.54, 1.807) is 6.08 Å². The maximum atomic E-state index is 11.8. The highest BCUT2D eigenvalue weighted by molar-refractivity contribution is 5.94. The van der Waals surface area contributed by atoms with Gasteiger partial charge in [-0.2, -0.15) is 0 Å². The number of hydrogen-bond donors (Lipinski definition) is 1. The smallest absolute Gasteiger partial charge is 0.356 e. The molecule has 1 aliphatic heterocycles. The molecule has 1 atom stereocenters. The van der Waals surface area contributed by atoms with E-state index >= 15 is 0 Å². The predicted molar refractivity (Wildman–Crippen MR) is 72.8 cm³/mol. The molecule has 1 aliphatic rings. The second-order valence-corrected chi connectivity index (χ2v) is 4.31. The lowest BCUT2D eigenvalue weighted by atomic mass is 10.2. The Kier molecular flexibility index (Phi) is 3.02. The Morgan fingerprint density at radius 1 is 0.947 bits per heavy atom. The van der Waals surface area contributed by atoms with Crippen molar-refractivity contribution in [3.05, 3.63) is 77.5 Å². The zero-order valence-electron chi connectivity index (χ0n) is 10.2. The summed E-state index contributed by atoms with van der Waals surface area (Å²) in [6.45, 7) is 0. The normalized spacial score (nSPS) is 20.1. The molecule has 0 bridgehead atoms. The average molecular weight is 251 g/mol. The number of rotatable bonds is 2. The molecule has 0 radical (unpaired) electrons. The second-order valence-electron chi connectivity index (χ2n) is 4.31. The molecule has 0 aliphatic carbocycles. The number of ether oxygens (including phenoxy) is 1. The van der Waals surface area contributed by atoms with Gasteiger partial charge in [0.1, 0.15) is 5.70 Å². The SMILES string of the molecule is O=C1OC(c2ccccc2)N/C1=C/c1ccccc1. The number of benzene rings is 2. The Labute approximate surface area is 111 Å². The molecular weight excluding hydrogens is 238 g/mol. The molecule has 3 nitrogen and oxygen atoms in total. The van der Waals surface area contributed by atoms with Gasteiger partial charge in [0.15, 0.2) is 6.23 Å². The van der Waals surface area contributed by atoms with Crippen molar-refractivity contribution in [3.63, 3.8) is 0 Å². The van der Waals surface area contributed by atoms with Crippen molar-refractivity contribution in [1.82, 2.24) is 5.32 Å². The summed E-state index contributed by atoms with van der Waals surface area (Å²) in [7, 11) is 0. The summed E-state index contributed by atoms with van der Waals surface area (Å²) >= 11 is 0. The van der Waals surface area contributed by atoms with Crippen LogP contribution in [0.5, 0.6) is 0 Å². The van der Waals surface area contributed by atoms with Gasteiger partial charge in [0, 0.05) is 5.56 Å². The van der Waals surface area contributed by atoms with Gasteiger partial charge in [-0.3, -0.25) is 0 Å². The minimum Gasteiger partial charge on any atom is -0.433 e. The molecule has 0 amide bonds. The number of esters is 1. The molecule has 3 rings (SSSR count). The fourth-order valence-corrected chi connectivity index (χ4v) is 2.00. The topological polar surface area (TPSA) is 38.3 Å². The summed E-state index contributed by atoms with van der Waals surface area (Å²) in [5, 5.41) is 3.09. The summed E-state index contributed by atoms with van der Waals surface area (Å²) in [5.74, 6) is -0.322. The van der Waals surface area contributed by atoms with Crippen LogP contribution in [0.25, 0.3) is 6.08 Å². The van der Waals surface area contributed by atoms with E-state index in [0.717, 1.165) is 11.1 Å². The molecule has 19 heavy (non-hydrogen) atoms. The van der Waals surface area contributed by atoms with Crippen LogP contribution in [-0.4, -0.2) is 5.97 Å². The highest BCUT2D eigenvalue weighted by Gasteiger charge is 2.28. The Balaban J connectivity index is 1.83. The highest BCUT2D eigenvalue weighted by atomic mass is 16.6. The van der Waals surface area contributed by atoms with Gasteiger partial charge in [-0.1, -0.05) is 60.7 Å². The van der Waals surface area contributed by atoms with Crippen molar-refractivity contribution in [1.29, 1.82) is 0 Å². The number of carbonyl (C=O) groups is 1. The second kappa shape index (κ2) is 4.98. The summed E-state index contributed by atoms with van der Waals surface area (Å²) in [5.41, 5.74) is 2.39. The molecule has 3 heteroatoms. The van der Waals surface area contributed by atoms with Gasteiger partial charge < -0.3 is 10.1 Å². The van der Waals surface area contributed by atoms with Crippen molar-refractivity contribution in [2.45, 2.75) is 6.23 Å². The van der Waals surface area contributed by atoms with Gasteiger partial charge in [-0.15, -0.1) is 0 Å². The largest absolute Gasteiger partial charge is 0.433 e. The Morgan fingerprint density at radius 2 is 1.58 bits per heavy atom. The van der Waals surface area contributed by atoms with Crippen LogP contribution in [0.2, 0.25) is 0 Å². The van der Waals surface area contributed by atoms with E-state index in [9.17, 15) is 4.79 Å². The quantitative estimate of drug-likeness (QED) is 0.659. The molecule has 0 aromatic heterocycles. The van der Waals surface area contributed by atoms with Crippen molar-refractivity contribution in [3.8, 4) is 0 Å². The van der Waals surface area contributed by atoms with Crippen LogP contribution in [0.3, 0.4) is 0 Å². The molecule has 0 saturated carbocycles. The summed E-state index contributed by atoms with van der Waals surface area (Å²) in [6, 6.07) is 19.3. The first kappa shape index (κ1) is 11.5. The molecule has 1 saturated heterocycles. The fraction of sp³-hybridized carbons (Fsp3) is 0.0625. The summed E-state index contributed by atoms with van der Waals surface area (Å²) in [4.78, 5) is 11.8. The van der Waals surface area contributed by atoms with E-state index in [0.29, 0.717) is 5.70 Å². The van der Waals surface area contributed by atoms with Gasteiger partial charge in [-0.05, 0) is 11.6 Å². The summed E-state index contributed by atoms with van der Waals surface area (Å²) < 4.78 is 5.31. The maximum absolute atomic E-state index is 11.8. The summed E-state index contributed by atoms with van der Waals surface area (Å²) in [6.07, 6.45) is 1.40. The van der Waals surface area contributed by atoms with Crippen LogP contribution in [0.4, 0.5) is 0 Å². The van der Waals surface area contributed by atoms with Crippen molar-refractivity contribution in [2.75, 3.05) is 0 Å². The van der Waals surface area contributed by atoms with Gasteiger partial charge >= 0.3 is 5.97 Å². The Bertz CT molecular complexity index is 605. The van der Waals surface area contributed by atoms with Crippen LogP contribution < -0.4 is 5.32 Å². The van der Waals surface area contributed by atoms with Crippen molar-refractivity contribution >= 4 is 12.0 Å². The van der Waals surface area contributed by atoms with Crippen LogP contribution in [0.1, 0.15) is 17.4 Å². The van der Waals surface area contributed by atoms with E-state index in [-0.39, 0.29) is 5.97 Å². The molecule has 0 spiro atoms. The van der Waals surface area contributed by atoms with E-state index in [1.165, 1.54) is 0 Å². The number of hydrogen-bond acceptors (Lipinski definition) is 3. The van der Waals surface area contributed by atoms with E-state index < -0.39 is 6.23 Å². The Morgan fingerprint density at radius 3 is 2.26 bits per heavy atom. The lowest BCUT2D eigenvalue weighted by Gasteiger charge is -2.08. The van der Waals surface area contributed by atoms with Gasteiger partial charge in [0.2, 0.25) is 0 Å². The number of cyclic esters (lactones) is 1. The van der Waals surface area contributed by atoms with Gasteiger partial charge in [-0.25, -0.2) is 4.79 Å². The van der Waals surface area contributed by atoms with Crippen LogP contribution in [-0.2, 0) is 9.53 Å². The van der Waals surface area contributed by atoms with Crippen molar-refractivity contribution < 1.29 is 9.53 Å². The zero-order valence-corrected chi connectivity index (χ0v) is 10.2. The lowest BCUT2D eigenvalue weighted by molar-refractivity contribution is -0.139. The predicted octanol–water partition coefficient (Wildman–Crippen LogP) is 2.87. The minimum absolute atomic E-state index is 0.322. The van der Waals surface area contributed by atoms with Crippen LogP contribution >= 0.6 is 0 Å². The zero-order chi connectivity index (χ0) is 13.1. The first-order valence-corrected chi connectivity index (χ1v) is 6.12. The highest BCUT2D eigenvalue weighted by Crippen LogP contribution is 2.24. The third-order valence-electron chi connectivity index (χ3n) is 2.94. The first-order valence-electron chi connectivity index (χ1n) is 6.12. The van der Waals surface area contributed by atoms with Gasteiger partial charge in [0.05, 0.1) is 0 Å². The van der Waals surface area contributed by atoms with Crippen LogP contribution in [0, 0.1) is 0 Å². The van der Waals surface area contributed by atoms with Crippen LogP contribution in [0.15, 0.2) is 66.4 Å².